The van der Waals surface area contributed by atoms with Crippen LogP contribution in [0.25, 0.3) is 10.1 Å². The van der Waals surface area contributed by atoms with Gasteiger partial charge in [-0.25, -0.2) is 0 Å². The maximum absolute atomic E-state index is 10.5. The summed E-state index contributed by atoms with van der Waals surface area (Å²) in [4.78, 5) is 10.5. The molecule has 1 aromatic heterocycles. The highest BCUT2D eigenvalue weighted by molar-refractivity contribution is 7.17. The minimum absolute atomic E-state index is 0.0232. The van der Waals surface area contributed by atoms with E-state index in [4.69, 9.17) is 16.7 Å². The maximum atomic E-state index is 10.5. The van der Waals surface area contributed by atoms with Crippen LogP contribution in [0.5, 0.6) is 0 Å². The van der Waals surface area contributed by atoms with Crippen LogP contribution in [-0.4, -0.2) is 11.1 Å². The van der Waals surface area contributed by atoms with Gasteiger partial charge < -0.3 is 5.11 Å². The average molecular weight is 227 g/mol. The summed E-state index contributed by atoms with van der Waals surface area (Å²) in [6.45, 7) is 0. The fourth-order valence-corrected chi connectivity index (χ4v) is 2.50. The van der Waals surface area contributed by atoms with E-state index in [2.05, 4.69) is 0 Å². The van der Waals surface area contributed by atoms with Crippen molar-refractivity contribution in [3.63, 3.8) is 0 Å². The molecule has 0 aliphatic heterocycles. The Morgan fingerprint density at radius 3 is 2.93 bits per heavy atom. The van der Waals surface area contributed by atoms with Crippen molar-refractivity contribution in [3.8, 4) is 0 Å². The van der Waals surface area contributed by atoms with E-state index in [1.165, 1.54) is 0 Å². The summed E-state index contributed by atoms with van der Waals surface area (Å²) in [6, 6.07) is 5.59. The smallest absolute Gasteiger partial charge is 0.307 e. The molecule has 1 aromatic carbocycles. The second kappa shape index (κ2) is 3.59. The maximum Gasteiger partial charge on any atom is 0.307 e. The zero-order valence-electron chi connectivity index (χ0n) is 7.16. The number of carboxylic acids is 1. The molecule has 0 amide bonds. The molecule has 0 unspecified atom stereocenters. The third kappa shape index (κ3) is 1.61. The normalized spacial score (nSPS) is 10.6. The number of hydrogen-bond donors (Lipinski definition) is 1. The molecule has 1 heterocycles. The van der Waals surface area contributed by atoms with Crippen LogP contribution < -0.4 is 0 Å². The van der Waals surface area contributed by atoms with Gasteiger partial charge in [-0.05, 0) is 23.1 Å². The number of aliphatic carboxylic acids is 1. The van der Waals surface area contributed by atoms with Crippen molar-refractivity contribution in [3.05, 3.63) is 34.2 Å². The fourth-order valence-electron chi connectivity index (χ4n) is 1.35. The first kappa shape index (κ1) is 9.49. The molecule has 4 heteroatoms. The van der Waals surface area contributed by atoms with Crippen molar-refractivity contribution < 1.29 is 9.90 Å². The Bertz CT molecular complexity index is 490. The quantitative estimate of drug-likeness (QED) is 0.854. The van der Waals surface area contributed by atoms with Gasteiger partial charge in [-0.1, -0.05) is 17.7 Å². The molecule has 0 atom stereocenters. The standard InChI is InChI=1S/C10H7ClO2S/c11-10-6(5-9(12)13)1-2-8-7(10)3-4-14-8/h1-4H,5H2,(H,12,13). The number of carboxylic acid groups (broad SMARTS) is 1. The summed E-state index contributed by atoms with van der Waals surface area (Å²) in [7, 11) is 0. The number of hydrogen-bond acceptors (Lipinski definition) is 2. The van der Waals surface area contributed by atoms with E-state index < -0.39 is 5.97 Å². The Kier molecular flexibility index (Phi) is 2.44. The zero-order valence-corrected chi connectivity index (χ0v) is 8.73. The van der Waals surface area contributed by atoms with Gasteiger partial charge in [0.15, 0.2) is 0 Å². The molecule has 72 valence electrons. The predicted molar refractivity (Wildman–Crippen MR) is 58.2 cm³/mol. The average Bonchev–Trinajstić information content (AvgIpc) is 2.57. The lowest BCUT2D eigenvalue weighted by Crippen LogP contribution is -2.00. The lowest BCUT2D eigenvalue weighted by molar-refractivity contribution is -0.136. The molecule has 2 aromatic rings. The Morgan fingerprint density at radius 2 is 2.21 bits per heavy atom. The van der Waals surface area contributed by atoms with E-state index in [0.717, 1.165) is 10.1 Å². The van der Waals surface area contributed by atoms with Crippen LogP contribution in [-0.2, 0) is 11.2 Å². The van der Waals surface area contributed by atoms with Crippen LogP contribution in [0.4, 0.5) is 0 Å². The van der Waals surface area contributed by atoms with Gasteiger partial charge in [0.2, 0.25) is 0 Å². The molecule has 0 bridgehead atoms. The summed E-state index contributed by atoms with van der Waals surface area (Å²) in [5, 5.41) is 12.1. The lowest BCUT2D eigenvalue weighted by atomic mass is 10.1. The molecule has 0 aliphatic carbocycles. The van der Waals surface area contributed by atoms with Crippen LogP contribution in [0.1, 0.15) is 5.56 Å². The van der Waals surface area contributed by atoms with Crippen molar-refractivity contribution in [1.82, 2.24) is 0 Å². The topological polar surface area (TPSA) is 37.3 Å². The van der Waals surface area contributed by atoms with E-state index in [0.29, 0.717) is 10.6 Å². The minimum atomic E-state index is -0.860. The predicted octanol–water partition coefficient (Wildman–Crippen LogP) is 3.18. The van der Waals surface area contributed by atoms with Crippen molar-refractivity contribution in [2.75, 3.05) is 0 Å². The highest BCUT2D eigenvalue weighted by Crippen LogP contribution is 2.30. The monoisotopic (exact) mass is 226 g/mol. The number of halogens is 1. The third-order valence-corrected chi connectivity index (χ3v) is 3.32. The summed E-state index contributed by atoms with van der Waals surface area (Å²) < 4.78 is 1.09. The van der Waals surface area contributed by atoms with Crippen LogP contribution in [0.15, 0.2) is 23.6 Å². The van der Waals surface area contributed by atoms with Crippen molar-refractivity contribution >= 4 is 39.0 Å². The fraction of sp³-hybridized carbons (Fsp3) is 0.100. The lowest BCUT2D eigenvalue weighted by Gasteiger charge is -2.01. The zero-order chi connectivity index (χ0) is 10.1. The first-order valence-electron chi connectivity index (χ1n) is 4.05. The molecule has 0 aliphatic rings. The molecule has 0 radical (unpaired) electrons. The molecule has 0 spiro atoms. The molecule has 1 N–H and O–H groups in total. The van der Waals surface area contributed by atoms with Gasteiger partial charge in [-0.3, -0.25) is 4.79 Å². The largest absolute Gasteiger partial charge is 0.481 e. The molecular weight excluding hydrogens is 220 g/mol. The van der Waals surface area contributed by atoms with Gasteiger partial charge in [-0.2, -0.15) is 0 Å². The summed E-state index contributed by atoms with van der Waals surface area (Å²) >= 11 is 7.67. The second-order valence-corrected chi connectivity index (χ2v) is 4.27. The van der Waals surface area contributed by atoms with Gasteiger partial charge in [0, 0.05) is 10.1 Å². The first-order valence-corrected chi connectivity index (χ1v) is 5.30. The van der Waals surface area contributed by atoms with Crippen molar-refractivity contribution in [1.29, 1.82) is 0 Å². The van der Waals surface area contributed by atoms with Crippen LogP contribution >= 0.6 is 22.9 Å². The first-order chi connectivity index (χ1) is 6.68. The number of thiophene rings is 1. The Morgan fingerprint density at radius 1 is 1.43 bits per heavy atom. The number of fused-ring (bicyclic) bond motifs is 1. The highest BCUT2D eigenvalue weighted by atomic mass is 35.5. The molecule has 0 saturated heterocycles. The molecule has 0 fully saturated rings. The number of rotatable bonds is 2. The third-order valence-electron chi connectivity index (χ3n) is 1.99. The summed E-state index contributed by atoms with van der Waals surface area (Å²) in [5.41, 5.74) is 0.671. The molecule has 2 rings (SSSR count). The number of benzene rings is 1. The second-order valence-electron chi connectivity index (χ2n) is 2.94. The summed E-state index contributed by atoms with van der Waals surface area (Å²) in [5.74, 6) is -0.860. The SMILES string of the molecule is O=C(O)Cc1ccc2sccc2c1Cl. The van der Waals surface area contributed by atoms with Gasteiger partial charge in [0.05, 0.1) is 11.4 Å². The van der Waals surface area contributed by atoms with Gasteiger partial charge >= 0.3 is 5.97 Å². The molecule has 2 nitrogen and oxygen atoms in total. The van der Waals surface area contributed by atoms with Crippen molar-refractivity contribution in [2.24, 2.45) is 0 Å². The number of carbonyl (C=O) groups is 1. The van der Waals surface area contributed by atoms with E-state index >= 15 is 0 Å². The van der Waals surface area contributed by atoms with Crippen LogP contribution in [0, 0.1) is 0 Å². The van der Waals surface area contributed by atoms with E-state index in [1.54, 1.807) is 17.4 Å². The van der Waals surface area contributed by atoms with Gasteiger partial charge in [0.25, 0.3) is 0 Å². The molecular formula is C10H7ClO2S. The Hall–Kier alpha value is -1.06. The minimum Gasteiger partial charge on any atom is -0.481 e. The molecule has 0 saturated carbocycles. The Labute approximate surface area is 89.7 Å². The highest BCUT2D eigenvalue weighted by Gasteiger charge is 2.08. The van der Waals surface area contributed by atoms with E-state index in [9.17, 15) is 4.79 Å². The van der Waals surface area contributed by atoms with E-state index in [1.807, 2.05) is 17.5 Å². The van der Waals surface area contributed by atoms with Gasteiger partial charge in [-0.15, -0.1) is 11.3 Å². The molecule has 14 heavy (non-hydrogen) atoms. The van der Waals surface area contributed by atoms with Crippen LogP contribution in [0.3, 0.4) is 0 Å². The van der Waals surface area contributed by atoms with Crippen LogP contribution in [0.2, 0.25) is 5.02 Å². The Balaban J connectivity index is 2.56. The van der Waals surface area contributed by atoms with Crippen molar-refractivity contribution in [2.45, 2.75) is 6.42 Å². The van der Waals surface area contributed by atoms with E-state index in [-0.39, 0.29) is 6.42 Å². The van der Waals surface area contributed by atoms with Gasteiger partial charge in [0.1, 0.15) is 0 Å². The summed E-state index contributed by atoms with van der Waals surface area (Å²) in [6.07, 6.45) is -0.0232.